The molecule has 86 valence electrons. The molecule has 1 aromatic rings. The van der Waals surface area contributed by atoms with E-state index in [-0.39, 0.29) is 5.56 Å². The number of hydrogen-bond donors (Lipinski definition) is 2. The van der Waals surface area contributed by atoms with Gasteiger partial charge in [0.05, 0.1) is 5.56 Å². The van der Waals surface area contributed by atoms with E-state index < -0.39 is 5.97 Å². The van der Waals surface area contributed by atoms with Gasteiger partial charge in [-0.15, -0.1) is 0 Å². The Morgan fingerprint density at radius 3 is 2.75 bits per heavy atom. The molecule has 0 bridgehead atoms. The lowest BCUT2D eigenvalue weighted by Gasteiger charge is -2.08. The summed E-state index contributed by atoms with van der Waals surface area (Å²) in [5.74, 6) is -0.984. The van der Waals surface area contributed by atoms with Gasteiger partial charge >= 0.3 is 5.97 Å². The van der Waals surface area contributed by atoms with Crippen LogP contribution in [0.15, 0.2) is 29.8 Å². The van der Waals surface area contributed by atoms with Crippen LogP contribution < -0.4 is 5.32 Å². The molecule has 0 aromatic heterocycles. The van der Waals surface area contributed by atoms with Crippen molar-refractivity contribution in [3.8, 4) is 0 Å². The molecule has 0 saturated heterocycles. The zero-order chi connectivity index (χ0) is 12.1. The molecule has 0 saturated carbocycles. The van der Waals surface area contributed by atoms with E-state index in [2.05, 4.69) is 5.32 Å². The molecule has 1 aromatic carbocycles. The van der Waals surface area contributed by atoms with Gasteiger partial charge in [-0.1, -0.05) is 23.3 Å². The van der Waals surface area contributed by atoms with Crippen LogP contribution in [0.5, 0.6) is 0 Å². The number of hydrogen-bond acceptors (Lipinski definition) is 2. The van der Waals surface area contributed by atoms with Crippen LogP contribution in [0.3, 0.4) is 0 Å². The molecule has 0 amide bonds. The average molecular weight is 240 g/mol. The van der Waals surface area contributed by atoms with Gasteiger partial charge in [0.1, 0.15) is 0 Å². The van der Waals surface area contributed by atoms with Crippen LogP contribution >= 0.6 is 11.6 Å². The monoisotopic (exact) mass is 239 g/mol. The molecule has 0 aliphatic carbocycles. The summed E-state index contributed by atoms with van der Waals surface area (Å²) in [4.78, 5) is 11.0. The second kappa shape index (κ2) is 5.56. The van der Waals surface area contributed by atoms with Crippen LogP contribution in [-0.2, 0) is 0 Å². The lowest BCUT2D eigenvalue weighted by molar-refractivity contribution is 0.0698. The molecular weight excluding hydrogens is 226 g/mol. The van der Waals surface area contributed by atoms with E-state index in [1.807, 2.05) is 19.9 Å². The number of nitrogens with one attached hydrogen (secondary N) is 1. The average Bonchev–Trinajstić information content (AvgIpc) is 2.19. The lowest BCUT2D eigenvalue weighted by Crippen LogP contribution is -2.06. The summed E-state index contributed by atoms with van der Waals surface area (Å²) >= 11 is 5.74. The Bertz CT molecular complexity index is 423. The van der Waals surface area contributed by atoms with Crippen molar-refractivity contribution in [2.45, 2.75) is 13.8 Å². The predicted octanol–water partition coefficient (Wildman–Crippen LogP) is 3.42. The normalized spacial score (nSPS) is 9.69. The number of benzene rings is 1. The van der Waals surface area contributed by atoms with Crippen LogP contribution in [0.1, 0.15) is 24.2 Å². The zero-order valence-corrected chi connectivity index (χ0v) is 10.0. The molecule has 0 atom stereocenters. The fourth-order valence-electron chi connectivity index (χ4n) is 1.21. The first-order chi connectivity index (χ1) is 7.50. The topological polar surface area (TPSA) is 49.3 Å². The minimum Gasteiger partial charge on any atom is -0.478 e. The summed E-state index contributed by atoms with van der Waals surface area (Å²) < 4.78 is 0. The number of allylic oxidation sites excluding steroid dienone is 1. The first-order valence-electron chi connectivity index (χ1n) is 4.91. The summed E-state index contributed by atoms with van der Waals surface area (Å²) in [6.07, 6.45) is 1.99. The van der Waals surface area contributed by atoms with E-state index in [0.717, 1.165) is 0 Å². The van der Waals surface area contributed by atoms with E-state index in [1.165, 1.54) is 11.6 Å². The Kier molecular flexibility index (Phi) is 4.38. The Labute approximate surface area is 99.7 Å². The highest BCUT2D eigenvalue weighted by Crippen LogP contribution is 2.20. The zero-order valence-electron chi connectivity index (χ0n) is 9.25. The summed E-state index contributed by atoms with van der Waals surface area (Å²) in [6, 6.07) is 4.78. The van der Waals surface area contributed by atoms with E-state index >= 15 is 0 Å². The molecule has 0 aliphatic rings. The largest absolute Gasteiger partial charge is 0.478 e. The van der Waals surface area contributed by atoms with Crippen molar-refractivity contribution in [1.82, 2.24) is 0 Å². The van der Waals surface area contributed by atoms with Gasteiger partial charge in [0, 0.05) is 17.3 Å². The van der Waals surface area contributed by atoms with Gasteiger partial charge in [-0.05, 0) is 32.0 Å². The fraction of sp³-hybridized carbons (Fsp3) is 0.250. The van der Waals surface area contributed by atoms with Gasteiger partial charge in [0.2, 0.25) is 0 Å². The van der Waals surface area contributed by atoms with Crippen molar-refractivity contribution in [1.29, 1.82) is 0 Å². The third kappa shape index (κ3) is 3.59. The number of halogens is 1. The van der Waals surface area contributed by atoms with E-state index in [9.17, 15) is 4.79 Å². The van der Waals surface area contributed by atoms with Crippen molar-refractivity contribution in [3.63, 3.8) is 0 Å². The van der Waals surface area contributed by atoms with E-state index in [4.69, 9.17) is 16.7 Å². The van der Waals surface area contributed by atoms with Crippen LogP contribution in [0.4, 0.5) is 5.69 Å². The number of carboxylic acids is 1. The van der Waals surface area contributed by atoms with Crippen molar-refractivity contribution in [3.05, 3.63) is 40.4 Å². The van der Waals surface area contributed by atoms with Crippen LogP contribution in [0.25, 0.3) is 0 Å². The quantitative estimate of drug-likeness (QED) is 0.792. The molecule has 0 spiro atoms. The molecule has 0 fully saturated rings. The summed E-state index contributed by atoms with van der Waals surface area (Å²) in [5.41, 5.74) is 1.95. The molecule has 4 heteroatoms. The van der Waals surface area contributed by atoms with Crippen LogP contribution in [-0.4, -0.2) is 17.6 Å². The highest BCUT2D eigenvalue weighted by Gasteiger charge is 2.09. The standard InChI is InChI=1S/C12H14ClNO2/c1-8(2)5-6-14-11-4-3-9(13)7-10(11)12(15)16/h3-5,7,14H,6H2,1-2H3,(H,15,16). The highest BCUT2D eigenvalue weighted by atomic mass is 35.5. The van der Waals surface area contributed by atoms with Gasteiger partial charge < -0.3 is 10.4 Å². The molecule has 2 N–H and O–H groups in total. The predicted molar refractivity (Wildman–Crippen MR) is 66.3 cm³/mol. The molecule has 0 heterocycles. The maximum absolute atomic E-state index is 11.0. The summed E-state index contributed by atoms with van der Waals surface area (Å²) in [7, 11) is 0. The Morgan fingerprint density at radius 1 is 1.50 bits per heavy atom. The Hall–Kier alpha value is -1.48. The van der Waals surface area contributed by atoms with Crippen LogP contribution in [0.2, 0.25) is 5.02 Å². The third-order valence-corrected chi connectivity index (χ3v) is 2.25. The highest BCUT2D eigenvalue weighted by molar-refractivity contribution is 6.31. The second-order valence-electron chi connectivity index (χ2n) is 3.66. The molecule has 1 rings (SSSR count). The SMILES string of the molecule is CC(C)=CCNc1ccc(Cl)cc1C(=O)O. The van der Waals surface area contributed by atoms with Crippen molar-refractivity contribution in [2.24, 2.45) is 0 Å². The first kappa shape index (κ1) is 12.6. The number of aromatic carboxylic acids is 1. The van der Waals surface area contributed by atoms with Crippen LogP contribution in [0, 0.1) is 0 Å². The molecule has 0 unspecified atom stereocenters. The Morgan fingerprint density at radius 2 is 2.19 bits per heavy atom. The lowest BCUT2D eigenvalue weighted by atomic mass is 10.2. The van der Waals surface area contributed by atoms with Crippen molar-refractivity contribution < 1.29 is 9.90 Å². The van der Waals surface area contributed by atoms with Gasteiger partial charge in [0.25, 0.3) is 0 Å². The minimum absolute atomic E-state index is 0.189. The molecule has 3 nitrogen and oxygen atoms in total. The first-order valence-corrected chi connectivity index (χ1v) is 5.28. The summed E-state index contributed by atoms with van der Waals surface area (Å²) in [6.45, 7) is 4.58. The number of rotatable bonds is 4. The van der Waals surface area contributed by atoms with Crippen molar-refractivity contribution >= 4 is 23.3 Å². The third-order valence-electron chi connectivity index (χ3n) is 2.01. The molecule has 16 heavy (non-hydrogen) atoms. The van der Waals surface area contributed by atoms with Gasteiger partial charge in [-0.2, -0.15) is 0 Å². The minimum atomic E-state index is -0.984. The van der Waals surface area contributed by atoms with Gasteiger partial charge in [-0.3, -0.25) is 0 Å². The van der Waals surface area contributed by atoms with E-state index in [1.54, 1.807) is 12.1 Å². The van der Waals surface area contributed by atoms with Gasteiger partial charge in [0.15, 0.2) is 0 Å². The molecule has 0 aliphatic heterocycles. The number of carbonyl (C=O) groups is 1. The maximum Gasteiger partial charge on any atom is 0.337 e. The number of carboxylic acid groups (broad SMARTS) is 1. The van der Waals surface area contributed by atoms with E-state index in [0.29, 0.717) is 17.3 Å². The van der Waals surface area contributed by atoms with Gasteiger partial charge in [-0.25, -0.2) is 4.79 Å². The fourth-order valence-corrected chi connectivity index (χ4v) is 1.38. The van der Waals surface area contributed by atoms with Crippen molar-refractivity contribution in [2.75, 3.05) is 11.9 Å². The second-order valence-corrected chi connectivity index (χ2v) is 4.09. The molecule has 0 radical (unpaired) electrons. The number of anilines is 1. The Balaban J connectivity index is 2.87. The molecular formula is C12H14ClNO2. The maximum atomic E-state index is 11.0. The summed E-state index contributed by atoms with van der Waals surface area (Å²) in [5, 5.41) is 12.4. The smallest absolute Gasteiger partial charge is 0.337 e.